The lowest BCUT2D eigenvalue weighted by molar-refractivity contribution is -0.113. The van der Waals surface area contributed by atoms with E-state index in [1.807, 2.05) is 14.1 Å². The predicted molar refractivity (Wildman–Crippen MR) is 123 cm³/mol. The predicted octanol–water partition coefficient (Wildman–Crippen LogP) is 2.40. The molecule has 1 aliphatic heterocycles. The Bertz CT molecular complexity index is 1190. The third kappa shape index (κ3) is 5.06. The summed E-state index contributed by atoms with van der Waals surface area (Å²) in [5.74, 6) is 1.52. The van der Waals surface area contributed by atoms with Crippen LogP contribution in [0.4, 0.5) is 23.3 Å². The smallest absolute Gasteiger partial charge is 0.255 e. The Hall–Kier alpha value is -3.86. The fraction of sp³-hybridized carbons (Fsp3) is 0.190. The van der Waals surface area contributed by atoms with Gasteiger partial charge in [-0.3, -0.25) is 9.59 Å². The van der Waals surface area contributed by atoms with Gasteiger partial charge in [0.1, 0.15) is 12.4 Å². The average molecular weight is 452 g/mol. The Balaban J connectivity index is 1.42. The highest BCUT2D eigenvalue weighted by molar-refractivity contribution is 8.00. The molecule has 2 heterocycles. The summed E-state index contributed by atoms with van der Waals surface area (Å²) in [6, 6.07) is 12.2. The Morgan fingerprint density at radius 3 is 2.88 bits per heavy atom. The maximum atomic E-state index is 12.7. The Morgan fingerprint density at radius 2 is 2.06 bits per heavy atom. The summed E-state index contributed by atoms with van der Waals surface area (Å²) in [6.45, 7) is 0.0960. The van der Waals surface area contributed by atoms with E-state index in [1.165, 1.54) is 11.8 Å². The number of anilines is 4. The molecule has 0 atom stereocenters. The molecule has 10 nitrogen and oxygen atoms in total. The Morgan fingerprint density at radius 1 is 1.22 bits per heavy atom. The fourth-order valence-corrected chi connectivity index (χ4v) is 3.76. The van der Waals surface area contributed by atoms with Crippen LogP contribution in [0.3, 0.4) is 0 Å². The molecule has 32 heavy (non-hydrogen) atoms. The second kappa shape index (κ2) is 9.10. The number of hydrogen-bond acceptors (Lipinski definition) is 9. The van der Waals surface area contributed by atoms with Crippen molar-refractivity contribution in [3.8, 4) is 5.75 Å². The minimum Gasteiger partial charge on any atom is -0.486 e. The lowest BCUT2D eigenvalue weighted by Gasteiger charge is -2.17. The molecule has 2 aromatic carbocycles. The molecular formula is C21H21N7O3S. The molecule has 1 aliphatic rings. The summed E-state index contributed by atoms with van der Waals surface area (Å²) < 4.78 is 5.77. The minimum atomic E-state index is -0.261. The van der Waals surface area contributed by atoms with Gasteiger partial charge in [0, 0.05) is 36.3 Å². The van der Waals surface area contributed by atoms with E-state index in [0.29, 0.717) is 34.5 Å². The number of amides is 2. The first-order chi connectivity index (χ1) is 15.4. The number of nitrogens with two attached hydrogens (primary N) is 1. The molecule has 0 aliphatic carbocycles. The number of nitrogen functional groups attached to an aromatic ring is 1. The van der Waals surface area contributed by atoms with Crippen LogP contribution in [0.1, 0.15) is 16.2 Å². The fourth-order valence-electron chi connectivity index (χ4n) is 2.92. The largest absolute Gasteiger partial charge is 0.486 e. The van der Waals surface area contributed by atoms with Crippen LogP contribution in [0.15, 0.2) is 47.4 Å². The van der Waals surface area contributed by atoms with Crippen LogP contribution in [-0.2, 0) is 11.4 Å². The molecule has 2 amide bonds. The standard InChI is InChI=1S/C21H21N7O3S/c1-28(2)21-26-17(25-20(22)27-21)10-31-14-5-3-4-13(9-14)23-19(30)12-6-7-15-16(8-12)32-11-18(29)24-15/h3-9H,10-11H2,1-2H3,(H,23,30)(H,24,29)(H2,22,25,26,27). The molecule has 0 fully saturated rings. The highest BCUT2D eigenvalue weighted by atomic mass is 32.2. The number of aromatic nitrogens is 3. The third-order valence-electron chi connectivity index (χ3n) is 4.42. The Labute approximate surface area is 188 Å². The van der Waals surface area contributed by atoms with Crippen LogP contribution in [0, 0.1) is 0 Å². The molecular weight excluding hydrogens is 430 g/mol. The molecule has 0 radical (unpaired) electrons. The SMILES string of the molecule is CN(C)c1nc(N)nc(COc2cccc(NC(=O)c3ccc4c(c3)SCC(=O)N4)c2)n1. The molecule has 0 bridgehead atoms. The molecule has 11 heteroatoms. The van der Waals surface area contributed by atoms with Gasteiger partial charge in [0.05, 0.1) is 11.4 Å². The van der Waals surface area contributed by atoms with Crippen LogP contribution >= 0.6 is 11.8 Å². The van der Waals surface area contributed by atoms with Crippen LogP contribution in [0.2, 0.25) is 0 Å². The van der Waals surface area contributed by atoms with Gasteiger partial charge in [0.15, 0.2) is 5.82 Å². The van der Waals surface area contributed by atoms with Crippen molar-refractivity contribution >= 4 is 46.8 Å². The molecule has 0 saturated heterocycles. The van der Waals surface area contributed by atoms with E-state index in [1.54, 1.807) is 47.4 Å². The van der Waals surface area contributed by atoms with Crippen molar-refractivity contribution in [3.63, 3.8) is 0 Å². The summed E-state index contributed by atoms with van der Waals surface area (Å²) in [5.41, 5.74) is 7.53. The van der Waals surface area contributed by atoms with Crippen LogP contribution in [0.25, 0.3) is 0 Å². The first kappa shape index (κ1) is 21.4. The van der Waals surface area contributed by atoms with E-state index < -0.39 is 0 Å². The quantitative estimate of drug-likeness (QED) is 0.516. The number of ether oxygens (including phenoxy) is 1. The normalized spacial score (nSPS) is 12.5. The van der Waals surface area contributed by atoms with E-state index >= 15 is 0 Å². The van der Waals surface area contributed by atoms with Crippen LogP contribution in [0.5, 0.6) is 5.75 Å². The van der Waals surface area contributed by atoms with Gasteiger partial charge < -0.3 is 26.0 Å². The zero-order valence-electron chi connectivity index (χ0n) is 17.5. The molecule has 0 spiro atoms. The molecule has 1 aromatic heterocycles. The van der Waals surface area contributed by atoms with Gasteiger partial charge in [-0.05, 0) is 30.3 Å². The van der Waals surface area contributed by atoms with Crippen molar-refractivity contribution in [2.45, 2.75) is 11.5 Å². The second-order valence-electron chi connectivity index (χ2n) is 7.12. The number of fused-ring (bicyclic) bond motifs is 1. The van der Waals surface area contributed by atoms with Crippen LogP contribution < -0.4 is 26.0 Å². The van der Waals surface area contributed by atoms with Crippen LogP contribution in [-0.4, -0.2) is 46.6 Å². The average Bonchev–Trinajstić information content (AvgIpc) is 2.77. The van der Waals surface area contributed by atoms with Gasteiger partial charge in [-0.1, -0.05) is 6.07 Å². The van der Waals surface area contributed by atoms with Crippen molar-refractivity contribution in [2.24, 2.45) is 0 Å². The molecule has 3 aromatic rings. The van der Waals surface area contributed by atoms with E-state index in [2.05, 4.69) is 25.6 Å². The van der Waals surface area contributed by atoms with Gasteiger partial charge >= 0.3 is 0 Å². The zero-order valence-corrected chi connectivity index (χ0v) is 18.3. The van der Waals surface area contributed by atoms with E-state index in [-0.39, 0.29) is 24.4 Å². The van der Waals surface area contributed by atoms with E-state index in [9.17, 15) is 9.59 Å². The summed E-state index contributed by atoms with van der Waals surface area (Å²) in [5, 5.41) is 5.65. The monoisotopic (exact) mass is 451 g/mol. The third-order valence-corrected chi connectivity index (χ3v) is 5.48. The number of benzene rings is 2. The number of carbonyl (C=O) groups excluding carboxylic acids is 2. The van der Waals surface area contributed by atoms with Crippen molar-refractivity contribution in [3.05, 3.63) is 53.9 Å². The first-order valence-corrected chi connectivity index (χ1v) is 10.6. The number of rotatable bonds is 6. The molecule has 0 saturated carbocycles. The van der Waals surface area contributed by atoms with E-state index in [4.69, 9.17) is 10.5 Å². The molecule has 4 rings (SSSR count). The topological polar surface area (TPSA) is 135 Å². The van der Waals surface area contributed by atoms with Gasteiger partial charge in [-0.25, -0.2) is 0 Å². The lowest BCUT2D eigenvalue weighted by atomic mass is 10.2. The first-order valence-electron chi connectivity index (χ1n) is 9.66. The summed E-state index contributed by atoms with van der Waals surface area (Å²) >= 11 is 1.41. The number of hydrogen-bond donors (Lipinski definition) is 3. The summed E-state index contributed by atoms with van der Waals surface area (Å²) in [7, 11) is 3.62. The van der Waals surface area contributed by atoms with Crippen molar-refractivity contribution in [2.75, 3.05) is 41.1 Å². The second-order valence-corrected chi connectivity index (χ2v) is 8.14. The zero-order chi connectivity index (χ0) is 22.7. The number of thioether (sulfide) groups is 1. The number of nitrogens with zero attached hydrogens (tertiary/aromatic N) is 4. The van der Waals surface area contributed by atoms with Gasteiger partial charge in [0.2, 0.25) is 17.8 Å². The molecule has 164 valence electrons. The highest BCUT2D eigenvalue weighted by Crippen LogP contribution is 2.32. The summed E-state index contributed by atoms with van der Waals surface area (Å²) in [4.78, 5) is 39.2. The molecule has 0 unspecified atom stereocenters. The molecule has 4 N–H and O–H groups in total. The maximum absolute atomic E-state index is 12.7. The number of nitrogens with one attached hydrogen (secondary N) is 2. The van der Waals surface area contributed by atoms with Crippen molar-refractivity contribution < 1.29 is 14.3 Å². The van der Waals surface area contributed by atoms with E-state index in [0.717, 1.165) is 10.6 Å². The van der Waals surface area contributed by atoms with Crippen molar-refractivity contribution in [1.29, 1.82) is 0 Å². The van der Waals surface area contributed by atoms with Crippen molar-refractivity contribution in [1.82, 2.24) is 15.0 Å². The van der Waals surface area contributed by atoms with Gasteiger partial charge in [-0.2, -0.15) is 15.0 Å². The highest BCUT2D eigenvalue weighted by Gasteiger charge is 2.17. The van der Waals surface area contributed by atoms with Gasteiger partial charge in [-0.15, -0.1) is 11.8 Å². The number of carbonyl (C=O) groups is 2. The Kier molecular flexibility index (Phi) is 6.08. The summed E-state index contributed by atoms with van der Waals surface area (Å²) in [6.07, 6.45) is 0. The lowest BCUT2D eigenvalue weighted by Crippen LogP contribution is -2.19. The minimum absolute atomic E-state index is 0.0469. The van der Waals surface area contributed by atoms with Gasteiger partial charge in [0.25, 0.3) is 5.91 Å². The maximum Gasteiger partial charge on any atom is 0.255 e.